The van der Waals surface area contributed by atoms with Crippen LogP contribution in [-0.4, -0.2) is 41.0 Å². The smallest absolute Gasteiger partial charge is 0.208 e. The second-order valence-corrected chi connectivity index (χ2v) is 6.87. The van der Waals surface area contributed by atoms with Gasteiger partial charge in [-0.15, -0.1) is 0 Å². The molecule has 21 heavy (non-hydrogen) atoms. The van der Waals surface area contributed by atoms with E-state index in [4.69, 9.17) is 27.4 Å². The third-order valence-corrected chi connectivity index (χ3v) is 5.90. The van der Waals surface area contributed by atoms with Crippen LogP contribution < -0.4 is 5.73 Å². The van der Waals surface area contributed by atoms with Crippen molar-refractivity contribution < 1.29 is 19.4 Å². The van der Waals surface area contributed by atoms with Gasteiger partial charge in [0, 0.05) is 25.4 Å². The summed E-state index contributed by atoms with van der Waals surface area (Å²) in [7, 11) is 1.59. The van der Waals surface area contributed by atoms with E-state index in [9.17, 15) is 9.90 Å². The summed E-state index contributed by atoms with van der Waals surface area (Å²) in [6.07, 6.45) is 0.322. The molecule has 1 aliphatic heterocycles. The zero-order chi connectivity index (χ0) is 15.5. The van der Waals surface area contributed by atoms with E-state index in [-0.39, 0.29) is 34.7 Å². The van der Waals surface area contributed by atoms with Gasteiger partial charge in [-0.05, 0) is 24.6 Å². The molecule has 0 spiro atoms. The Hall–Kier alpha value is -0.820. The van der Waals surface area contributed by atoms with Crippen LogP contribution in [0.4, 0.5) is 0 Å². The van der Waals surface area contributed by atoms with Gasteiger partial charge < -0.3 is 14.6 Å². The highest BCUT2D eigenvalue weighted by atomic mass is 32.1. The molecule has 0 radical (unpaired) electrons. The Bertz CT molecular complexity index is 518. The monoisotopic (exact) mass is 311 g/mol. The molecule has 0 aromatic rings. The summed E-state index contributed by atoms with van der Waals surface area (Å²) >= 11 is 5.11. The van der Waals surface area contributed by atoms with E-state index in [0.717, 1.165) is 5.57 Å². The number of fused-ring (bicyclic) bond motifs is 3. The molecule has 3 fully saturated rings. The summed E-state index contributed by atoms with van der Waals surface area (Å²) < 4.78 is 11.3. The highest BCUT2D eigenvalue weighted by Crippen LogP contribution is 2.52. The molecule has 5 nitrogen and oxygen atoms in total. The van der Waals surface area contributed by atoms with Gasteiger partial charge in [-0.25, -0.2) is 0 Å². The number of aliphatic hydroxyl groups is 1. The summed E-state index contributed by atoms with van der Waals surface area (Å²) in [6, 6.07) is 0. The number of ether oxygens (including phenoxy) is 2. The fourth-order valence-corrected chi connectivity index (χ4v) is 4.54. The number of ketones is 1. The lowest BCUT2D eigenvalue weighted by atomic mass is 9.78. The van der Waals surface area contributed by atoms with Gasteiger partial charge >= 0.3 is 0 Å². The van der Waals surface area contributed by atoms with Crippen molar-refractivity contribution in [3.8, 4) is 0 Å². The number of hydrogen-bond acceptors (Lipinski definition) is 6. The van der Waals surface area contributed by atoms with E-state index in [1.165, 1.54) is 0 Å². The number of thiocarbonyl (C=S) groups is 1. The lowest BCUT2D eigenvalue weighted by molar-refractivity contribution is -0.122. The Balaban J connectivity index is 2.07. The number of carbonyl (C=O) groups excluding carboxylic acids is 1. The average Bonchev–Trinajstić information content (AvgIpc) is 2.78. The van der Waals surface area contributed by atoms with Crippen molar-refractivity contribution in [3.63, 3.8) is 0 Å². The van der Waals surface area contributed by atoms with Crippen LogP contribution in [0.3, 0.4) is 0 Å². The summed E-state index contributed by atoms with van der Waals surface area (Å²) in [6.45, 7) is 6.04. The van der Waals surface area contributed by atoms with E-state index >= 15 is 0 Å². The minimum absolute atomic E-state index is 0.00244. The van der Waals surface area contributed by atoms with Gasteiger partial charge in [-0.2, -0.15) is 0 Å². The normalized spacial score (nSPS) is 49.6. The third kappa shape index (κ3) is 2.00. The number of nitrogens with two attached hydrogens (primary N) is 1. The Morgan fingerprint density at radius 2 is 2.19 bits per heavy atom. The number of Topliss-reactive ketones (excluding diaryl/α,β-unsaturated/α-hetero) is 1. The van der Waals surface area contributed by atoms with Crippen LogP contribution in [-0.2, 0) is 14.3 Å². The minimum atomic E-state index is -1.71. The molecule has 7 unspecified atom stereocenters. The lowest BCUT2D eigenvalue weighted by Gasteiger charge is -2.32. The van der Waals surface area contributed by atoms with Crippen molar-refractivity contribution in [3.05, 3.63) is 12.2 Å². The van der Waals surface area contributed by atoms with Crippen LogP contribution in [0.1, 0.15) is 19.8 Å². The van der Waals surface area contributed by atoms with Crippen LogP contribution in [0, 0.1) is 23.7 Å². The van der Waals surface area contributed by atoms with E-state index in [1.807, 2.05) is 6.92 Å². The van der Waals surface area contributed by atoms with Crippen molar-refractivity contribution in [1.82, 2.24) is 0 Å². The Morgan fingerprint density at radius 1 is 1.52 bits per heavy atom. The van der Waals surface area contributed by atoms with Crippen molar-refractivity contribution in [1.29, 1.82) is 0 Å². The van der Waals surface area contributed by atoms with Gasteiger partial charge in [0.15, 0.2) is 5.72 Å². The molecule has 0 aromatic carbocycles. The van der Waals surface area contributed by atoms with Crippen LogP contribution in [0.15, 0.2) is 12.2 Å². The predicted octanol–water partition coefficient (Wildman–Crippen LogP) is 0.792. The standard InChI is InChI=1S/C15H21NO4S/c1-6-4-10(19-3)12-13(20-14(21)15(12,16)18)11-7(2)9(17)5-8(6)11/h7-8,10-13,18H,1,4-5,16H2,2-3H3. The minimum Gasteiger partial charge on any atom is -0.479 e. The molecule has 2 aliphatic carbocycles. The van der Waals surface area contributed by atoms with Crippen LogP contribution in [0.25, 0.3) is 0 Å². The number of methoxy groups -OCH3 is 1. The zero-order valence-electron chi connectivity index (χ0n) is 12.2. The molecule has 0 amide bonds. The van der Waals surface area contributed by atoms with E-state index in [2.05, 4.69) is 6.58 Å². The SMILES string of the molecule is C=C1CC(OC)C2C(OC(=S)C2(N)O)C2C(C)C(=O)CC12. The van der Waals surface area contributed by atoms with Gasteiger partial charge in [0.1, 0.15) is 11.9 Å². The molecular formula is C15H21NO4S. The molecule has 1 saturated heterocycles. The molecular weight excluding hydrogens is 290 g/mol. The highest BCUT2D eigenvalue weighted by molar-refractivity contribution is 7.80. The predicted molar refractivity (Wildman–Crippen MR) is 80.4 cm³/mol. The maximum atomic E-state index is 12.1. The van der Waals surface area contributed by atoms with E-state index in [1.54, 1.807) is 7.11 Å². The Labute approximate surface area is 129 Å². The number of rotatable bonds is 1. The topological polar surface area (TPSA) is 81.8 Å². The molecule has 0 aromatic heterocycles. The molecule has 1 heterocycles. The summed E-state index contributed by atoms with van der Waals surface area (Å²) in [5, 5.41) is 10.6. The number of hydrogen-bond donors (Lipinski definition) is 2. The second kappa shape index (κ2) is 4.84. The van der Waals surface area contributed by atoms with Gasteiger partial charge in [0.2, 0.25) is 5.05 Å². The lowest BCUT2D eigenvalue weighted by Crippen LogP contribution is -2.55. The van der Waals surface area contributed by atoms with E-state index < -0.39 is 17.7 Å². The van der Waals surface area contributed by atoms with Crippen molar-refractivity contribution in [2.24, 2.45) is 29.4 Å². The first-order valence-corrected chi connectivity index (χ1v) is 7.65. The van der Waals surface area contributed by atoms with Gasteiger partial charge in [-0.3, -0.25) is 10.5 Å². The first kappa shape index (κ1) is 15.1. The molecule has 3 N–H and O–H groups in total. The molecule has 7 atom stereocenters. The summed E-state index contributed by atoms with van der Waals surface area (Å²) in [5.41, 5.74) is 5.28. The van der Waals surface area contributed by atoms with Crippen LogP contribution in [0.5, 0.6) is 0 Å². The first-order chi connectivity index (χ1) is 9.78. The van der Waals surface area contributed by atoms with Crippen LogP contribution in [0.2, 0.25) is 0 Å². The van der Waals surface area contributed by atoms with Crippen LogP contribution >= 0.6 is 12.2 Å². The molecule has 116 valence electrons. The maximum Gasteiger partial charge on any atom is 0.208 e. The molecule has 3 rings (SSSR count). The maximum absolute atomic E-state index is 12.1. The molecule has 6 heteroatoms. The Kier molecular flexibility index (Phi) is 3.48. The quantitative estimate of drug-likeness (QED) is 0.423. The first-order valence-electron chi connectivity index (χ1n) is 7.24. The fraction of sp³-hybridized carbons (Fsp3) is 0.733. The third-order valence-electron chi connectivity index (χ3n) is 5.47. The van der Waals surface area contributed by atoms with Gasteiger partial charge in [-0.1, -0.05) is 19.1 Å². The van der Waals surface area contributed by atoms with Gasteiger partial charge in [0.25, 0.3) is 0 Å². The van der Waals surface area contributed by atoms with Crippen molar-refractivity contribution in [2.45, 2.75) is 37.7 Å². The molecule has 2 saturated carbocycles. The Morgan fingerprint density at radius 3 is 2.81 bits per heavy atom. The zero-order valence-corrected chi connectivity index (χ0v) is 13.1. The highest BCUT2D eigenvalue weighted by Gasteiger charge is 2.62. The fourth-order valence-electron chi connectivity index (χ4n) is 4.29. The van der Waals surface area contributed by atoms with Gasteiger partial charge in [0.05, 0.1) is 12.0 Å². The van der Waals surface area contributed by atoms with Crippen molar-refractivity contribution in [2.75, 3.05) is 7.11 Å². The molecule has 3 aliphatic rings. The van der Waals surface area contributed by atoms with E-state index in [0.29, 0.717) is 12.8 Å². The largest absolute Gasteiger partial charge is 0.479 e. The average molecular weight is 311 g/mol. The van der Waals surface area contributed by atoms with Crippen molar-refractivity contribution >= 4 is 23.1 Å². The second-order valence-electron chi connectivity index (χ2n) is 6.50. The molecule has 0 bridgehead atoms. The number of carbonyl (C=O) groups is 1. The summed E-state index contributed by atoms with van der Waals surface area (Å²) in [5.74, 6) is -0.410. The summed E-state index contributed by atoms with van der Waals surface area (Å²) in [4.78, 5) is 12.1.